The third-order valence-corrected chi connectivity index (χ3v) is 6.63. The Balaban J connectivity index is 1.58. The van der Waals surface area contributed by atoms with Gasteiger partial charge in [0.15, 0.2) is 0 Å². The molecule has 2 heterocycles. The SMILES string of the molecule is CC(OCC1(c2ccccc2)CCC2(CN1)COC(=O)N2)c1cc(C(F)(F)F)cc(C(F)(F)F)c1. The van der Waals surface area contributed by atoms with Crippen molar-refractivity contribution in [2.45, 2.75) is 49.3 Å². The summed E-state index contributed by atoms with van der Waals surface area (Å²) in [5, 5.41) is 6.21. The van der Waals surface area contributed by atoms with Gasteiger partial charge in [-0.05, 0) is 49.1 Å². The van der Waals surface area contributed by atoms with E-state index < -0.39 is 46.8 Å². The zero-order valence-electron chi connectivity index (χ0n) is 18.7. The first-order valence-corrected chi connectivity index (χ1v) is 11.0. The normalized spacial score (nSPS) is 25.9. The molecular formula is C24H24F6N2O3. The molecule has 0 radical (unpaired) electrons. The highest BCUT2D eigenvalue weighted by atomic mass is 19.4. The zero-order valence-corrected chi connectivity index (χ0v) is 18.7. The fourth-order valence-electron chi connectivity index (χ4n) is 4.48. The van der Waals surface area contributed by atoms with Crippen LogP contribution >= 0.6 is 0 Å². The van der Waals surface area contributed by atoms with Gasteiger partial charge in [-0.15, -0.1) is 0 Å². The van der Waals surface area contributed by atoms with Gasteiger partial charge in [-0.3, -0.25) is 0 Å². The molecule has 4 rings (SSSR count). The first kappa shape index (κ1) is 25.3. The predicted octanol–water partition coefficient (Wildman–Crippen LogP) is 5.56. The lowest BCUT2D eigenvalue weighted by Crippen LogP contribution is -2.62. The van der Waals surface area contributed by atoms with E-state index >= 15 is 0 Å². The van der Waals surface area contributed by atoms with Crippen LogP contribution in [0, 0.1) is 0 Å². The van der Waals surface area contributed by atoms with Gasteiger partial charge < -0.3 is 20.1 Å². The molecule has 0 bridgehead atoms. The maximum atomic E-state index is 13.3. The van der Waals surface area contributed by atoms with Crippen LogP contribution in [-0.4, -0.2) is 31.4 Å². The van der Waals surface area contributed by atoms with E-state index in [4.69, 9.17) is 9.47 Å². The molecule has 2 saturated heterocycles. The predicted molar refractivity (Wildman–Crippen MR) is 113 cm³/mol. The Labute approximate surface area is 197 Å². The van der Waals surface area contributed by atoms with Gasteiger partial charge in [-0.1, -0.05) is 30.3 Å². The molecule has 2 aliphatic heterocycles. The number of piperidine rings is 1. The van der Waals surface area contributed by atoms with Crippen LogP contribution in [0.2, 0.25) is 0 Å². The minimum Gasteiger partial charge on any atom is -0.447 e. The molecule has 35 heavy (non-hydrogen) atoms. The van der Waals surface area contributed by atoms with Gasteiger partial charge in [-0.2, -0.15) is 26.3 Å². The van der Waals surface area contributed by atoms with Crippen molar-refractivity contribution in [2.24, 2.45) is 0 Å². The number of alkyl halides is 6. The van der Waals surface area contributed by atoms with Crippen LogP contribution in [0.1, 0.15) is 48.1 Å². The molecule has 3 atom stereocenters. The molecule has 190 valence electrons. The van der Waals surface area contributed by atoms with Crippen LogP contribution in [0.4, 0.5) is 31.1 Å². The summed E-state index contributed by atoms with van der Waals surface area (Å²) in [5.74, 6) is 0. The Morgan fingerprint density at radius 2 is 1.63 bits per heavy atom. The highest BCUT2D eigenvalue weighted by Gasteiger charge is 2.48. The van der Waals surface area contributed by atoms with Crippen LogP contribution in [-0.2, 0) is 27.4 Å². The summed E-state index contributed by atoms with van der Waals surface area (Å²) in [6.07, 6.45) is -10.4. The Hall–Kier alpha value is -2.79. The smallest absolute Gasteiger partial charge is 0.416 e. The number of halogens is 6. The molecule has 0 aliphatic carbocycles. The minimum absolute atomic E-state index is 0.0132. The lowest BCUT2D eigenvalue weighted by molar-refractivity contribution is -0.143. The van der Waals surface area contributed by atoms with Gasteiger partial charge >= 0.3 is 18.4 Å². The lowest BCUT2D eigenvalue weighted by Gasteiger charge is -2.45. The molecule has 2 aliphatic rings. The fraction of sp³-hybridized carbons (Fsp3) is 0.458. The quantitative estimate of drug-likeness (QED) is 0.526. The van der Waals surface area contributed by atoms with Crippen molar-refractivity contribution in [2.75, 3.05) is 19.8 Å². The highest BCUT2D eigenvalue weighted by Crippen LogP contribution is 2.40. The molecule has 3 unspecified atom stereocenters. The second-order valence-corrected chi connectivity index (χ2v) is 9.08. The van der Waals surface area contributed by atoms with Crippen LogP contribution in [0.5, 0.6) is 0 Å². The number of hydrogen-bond donors (Lipinski definition) is 2. The van der Waals surface area contributed by atoms with Crippen molar-refractivity contribution < 1.29 is 40.6 Å². The fourth-order valence-corrected chi connectivity index (χ4v) is 4.48. The number of carbonyl (C=O) groups excluding carboxylic acids is 1. The van der Waals surface area contributed by atoms with E-state index in [1.54, 1.807) is 0 Å². The topological polar surface area (TPSA) is 59.6 Å². The Bertz CT molecular complexity index is 1030. The van der Waals surface area contributed by atoms with Crippen molar-refractivity contribution in [1.82, 2.24) is 10.6 Å². The number of nitrogens with one attached hydrogen (secondary N) is 2. The highest BCUT2D eigenvalue weighted by molar-refractivity contribution is 5.70. The van der Waals surface area contributed by atoms with E-state index in [0.717, 1.165) is 5.56 Å². The van der Waals surface area contributed by atoms with Crippen LogP contribution in [0.15, 0.2) is 48.5 Å². The molecule has 2 aromatic carbocycles. The van der Waals surface area contributed by atoms with Crippen LogP contribution < -0.4 is 10.6 Å². The number of rotatable bonds is 5. The van der Waals surface area contributed by atoms with E-state index in [2.05, 4.69) is 10.6 Å². The maximum Gasteiger partial charge on any atom is 0.416 e. The first-order valence-electron chi connectivity index (χ1n) is 11.0. The molecule has 5 nitrogen and oxygen atoms in total. The maximum absolute atomic E-state index is 13.3. The van der Waals surface area contributed by atoms with Crippen molar-refractivity contribution in [1.29, 1.82) is 0 Å². The second kappa shape index (κ2) is 9.02. The average Bonchev–Trinajstić information content (AvgIpc) is 3.18. The summed E-state index contributed by atoms with van der Waals surface area (Å²) in [6.45, 7) is 1.96. The number of ether oxygens (including phenoxy) is 2. The number of amides is 1. The Morgan fingerprint density at radius 1 is 1.00 bits per heavy atom. The average molecular weight is 502 g/mol. The number of alkyl carbamates (subject to hydrolysis) is 1. The molecule has 1 amide bonds. The monoisotopic (exact) mass is 502 g/mol. The summed E-state index contributed by atoms with van der Waals surface area (Å²) < 4.78 is 90.6. The third-order valence-electron chi connectivity index (χ3n) is 6.63. The molecule has 1 spiro atoms. The molecule has 2 N–H and O–H groups in total. The number of hydrogen-bond acceptors (Lipinski definition) is 4. The van der Waals surface area contributed by atoms with Crippen LogP contribution in [0.3, 0.4) is 0 Å². The molecule has 0 aromatic heterocycles. The summed E-state index contributed by atoms with van der Waals surface area (Å²) in [5.41, 5.74) is -3.48. The van der Waals surface area contributed by atoms with E-state index in [1.807, 2.05) is 30.3 Å². The van der Waals surface area contributed by atoms with Gasteiger partial charge in [-0.25, -0.2) is 4.79 Å². The van der Waals surface area contributed by atoms with Gasteiger partial charge in [0, 0.05) is 6.54 Å². The number of cyclic esters (lactones) is 1. The number of carbonyl (C=O) groups is 1. The molecule has 2 fully saturated rings. The lowest BCUT2D eigenvalue weighted by atomic mass is 9.77. The van der Waals surface area contributed by atoms with Crippen molar-refractivity contribution in [3.63, 3.8) is 0 Å². The number of benzene rings is 2. The molecule has 0 saturated carbocycles. The molecular weight excluding hydrogens is 478 g/mol. The molecule has 2 aromatic rings. The summed E-state index contributed by atoms with van der Waals surface area (Å²) >= 11 is 0. The van der Waals surface area contributed by atoms with E-state index in [1.165, 1.54) is 6.92 Å². The first-order chi connectivity index (χ1) is 16.3. The largest absolute Gasteiger partial charge is 0.447 e. The summed E-state index contributed by atoms with van der Waals surface area (Å²) in [6, 6.07) is 10.7. The van der Waals surface area contributed by atoms with E-state index in [-0.39, 0.29) is 24.8 Å². The van der Waals surface area contributed by atoms with Crippen LogP contribution in [0.25, 0.3) is 0 Å². The van der Waals surface area contributed by atoms with Crippen molar-refractivity contribution in [3.05, 3.63) is 70.8 Å². The summed E-state index contributed by atoms with van der Waals surface area (Å²) in [4.78, 5) is 11.6. The minimum atomic E-state index is -4.94. The van der Waals surface area contributed by atoms with E-state index in [0.29, 0.717) is 31.5 Å². The second-order valence-electron chi connectivity index (χ2n) is 9.08. The van der Waals surface area contributed by atoms with Crippen molar-refractivity contribution >= 4 is 6.09 Å². The zero-order chi connectivity index (χ0) is 25.5. The van der Waals surface area contributed by atoms with Gasteiger partial charge in [0.25, 0.3) is 0 Å². The van der Waals surface area contributed by atoms with Gasteiger partial charge in [0.2, 0.25) is 0 Å². The standard InChI is InChI=1S/C24H24F6N2O3/c1-15(16-9-18(23(25,26)27)11-19(10-16)24(28,29)30)34-14-22(17-5-3-2-4-6-17)8-7-21(12-31-22)13-35-20(33)32-21/h2-6,9-11,15,31H,7-8,12-14H2,1H3,(H,32,33). The van der Waals surface area contributed by atoms with Gasteiger partial charge in [0.05, 0.1) is 34.9 Å². The van der Waals surface area contributed by atoms with E-state index in [9.17, 15) is 31.1 Å². The van der Waals surface area contributed by atoms with Crippen molar-refractivity contribution in [3.8, 4) is 0 Å². The Kier molecular flexibility index (Phi) is 6.52. The van der Waals surface area contributed by atoms with Gasteiger partial charge in [0.1, 0.15) is 6.61 Å². The third kappa shape index (κ3) is 5.40. The molecule has 11 heteroatoms. The Morgan fingerprint density at radius 3 is 2.11 bits per heavy atom. The summed E-state index contributed by atoms with van der Waals surface area (Å²) in [7, 11) is 0.